The van der Waals surface area contributed by atoms with Gasteiger partial charge in [-0.15, -0.1) is 0 Å². The van der Waals surface area contributed by atoms with Gasteiger partial charge in [-0.3, -0.25) is 0 Å². The molecule has 5 nitrogen and oxygen atoms in total. The molecule has 1 atom stereocenters. The summed E-state index contributed by atoms with van der Waals surface area (Å²) >= 11 is 0. The van der Waals surface area contributed by atoms with E-state index in [0.717, 1.165) is 17.8 Å². The molecule has 1 unspecified atom stereocenters. The first-order valence-corrected chi connectivity index (χ1v) is 6.48. The van der Waals surface area contributed by atoms with Crippen molar-refractivity contribution in [1.82, 2.24) is 20.1 Å². The minimum atomic E-state index is 0.297. The molecule has 5 heteroatoms. The minimum absolute atomic E-state index is 0.297. The molecular weight excluding hydrogens is 240 g/mol. The predicted molar refractivity (Wildman–Crippen MR) is 74.3 cm³/mol. The molecule has 0 fully saturated rings. The Labute approximate surface area is 113 Å². The van der Waals surface area contributed by atoms with Gasteiger partial charge < -0.3 is 10.1 Å². The molecule has 1 N–H and O–H groups in total. The van der Waals surface area contributed by atoms with Crippen molar-refractivity contribution in [3.63, 3.8) is 0 Å². The largest absolute Gasteiger partial charge is 0.421 e. The van der Waals surface area contributed by atoms with Gasteiger partial charge in [0.1, 0.15) is 0 Å². The molecule has 2 aromatic heterocycles. The molecule has 0 aliphatic rings. The molecule has 19 heavy (non-hydrogen) atoms. The van der Waals surface area contributed by atoms with E-state index >= 15 is 0 Å². The van der Waals surface area contributed by atoms with Crippen LogP contribution in [0.15, 0.2) is 24.4 Å². The number of nitrogens with zero attached hydrogens (tertiary/aromatic N) is 3. The molecule has 2 aromatic rings. The van der Waals surface area contributed by atoms with Crippen LogP contribution in [-0.2, 0) is 7.05 Å². The lowest BCUT2D eigenvalue weighted by molar-refractivity contribution is 0.415. The van der Waals surface area contributed by atoms with Crippen molar-refractivity contribution in [2.45, 2.75) is 26.8 Å². The Morgan fingerprint density at radius 2 is 2.21 bits per heavy atom. The van der Waals surface area contributed by atoms with Crippen LogP contribution in [0, 0.1) is 6.92 Å². The van der Waals surface area contributed by atoms with Gasteiger partial charge in [-0.2, -0.15) is 5.10 Å². The summed E-state index contributed by atoms with van der Waals surface area (Å²) in [5, 5.41) is 7.58. The van der Waals surface area contributed by atoms with E-state index in [2.05, 4.69) is 29.2 Å². The van der Waals surface area contributed by atoms with E-state index in [0.29, 0.717) is 17.8 Å². The Balaban J connectivity index is 2.08. The van der Waals surface area contributed by atoms with Crippen LogP contribution in [-0.4, -0.2) is 21.3 Å². The standard InChI is InChI=1S/C14H20N4O/c1-5-15-11(3)12-6-7-13(16-9-12)19-14-8-10(2)17-18(14)4/h6-9,11,15H,5H2,1-4H3. The molecule has 0 bridgehead atoms. The molecule has 0 saturated heterocycles. The first-order valence-electron chi connectivity index (χ1n) is 6.48. The predicted octanol–water partition coefficient (Wildman–Crippen LogP) is 2.59. The van der Waals surface area contributed by atoms with E-state index in [1.54, 1.807) is 4.68 Å². The molecule has 0 amide bonds. The highest BCUT2D eigenvalue weighted by Gasteiger charge is 2.07. The molecule has 0 saturated carbocycles. The number of pyridine rings is 1. The number of aryl methyl sites for hydroxylation is 2. The van der Waals surface area contributed by atoms with Gasteiger partial charge >= 0.3 is 0 Å². The fourth-order valence-electron chi connectivity index (χ4n) is 1.92. The summed E-state index contributed by atoms with van der Waals surface area (Å²) < 4.78 is 7.39. The lowest BCUT2D eigenvalue weighted by atomic mass is 10.1. The summed E-state index contributed by atoms with van der Waals surface area (Å²) in [6, 6.07) is 6.09. The van der Waals surface area contributed by atoms with Crippen LogP contribution in [0.5, 0.6) is 11.8 Å². The first-order chi connectivity index (χ1) is 9.10. The topological polar surface area (TPSA) is 52.0 Å². The van der Waals surface area contributed by atoms with Crippen LogP contribution in [0.2, 0.25) is 0 Å². The van der Waals surface area contributed by atoms with E-state index in [1.165, 1.54) is 0 Å². The SMILES string of the molecule is CCNC(C)c1ccc(Oc2cc(C)nn2C)nc1. The molecule has 2 rings (SSSR count). The Morgan fingerprint density at radius 3 is 2.74 bits per heavy atom. The zero-order chi connectivity index (χ0) is 13.8. The van der Waals surface area contributed by atoms with Crippen LogP contribution in [0.3, 0.4) is 0 Å². The van der Waals surface area contributed by atoms with Crippen LogP contribution in [0.4, 0.5) is 0 Å². The maximum Gasteiger partial charge on any atom is 0.221 e. The highest BCUT2D eigenvalue weighted by atomic mass is 16.5. The number of nitrogens with one attached hydrogen (secondary N) is 1. The van der Waals surface area contributed by atoms with Crippen molar-refractivity contribution < 1.29 is 4.74 Å². The van der Waals surface area contributed by atoms with E-state index in [4.69, 9.17) is 4.74 Å². The van der Waals surface area contributed by atoms with Crippen molar-refractivity contribution in [1.29, 1.82) is 0 Å². The van der Waals surface area contributed by atoms with E-state index in [-0.39, 0.29) is 0 Å². The smallest absolute Gasteiger partial charge is 0.221 e. The van der Waals surface area contributed by atoms with Gasteiger partial charge in [0.25, 0.3) is 0 Å². The Hall–Kier alpha value is -1.88. The maximum atomic E-state index is 5.69. The summed E-state index contributed by atoms with van der Waals surface area (Å²) in [7, 11) is 1.85. The number of ether oxygens (including phenoxy) is 1. The molecule has 0 spiro atoms. The third-order valence-electron chi connectivity index (χ3n) is 2.94. The highest BCUT2D eigenvalue weighted by molar-refractivity contribution is 5.25. The Kier molecular flexibility index (Phi) is 4.16. The van der Waals surface area contributed by atoms with E-state index in [1.807, 2.05) is 38.4 Å². The number of rotatable bonds is 5. The first kappa shape index (κ1) is 13.5. The molecule has 0 radical (unpaired) electrons. The van der Waals surface area contributed by atoms with Gasteiger partial charge in [0.05, 0.1) is 5.69 Å². The Morgan fingerprint density at radius 1 is 1.42 bits per heavy atom. The zero-order valence-corrected chi connectivity index (χ0v) is 11.8. The third-order valence-corrected chi connectivity index (χ3v) is 2.94. The Bertz CT molecular complexity index is 533. The van der Waals surface area contributed by atoms with Crippen LogP contribution < -0.4 is 10.1 Å². The summed E-state index contributed by atoms with van der Waals surface area (Å²) in [6.45, 7) is 7.08. The summed E-state index contributed by atoms with van der Waals surface area (Å²) in [4.78, 5) is 4.32. The van der Waals surface area contributed by atoms with Gasteiger partial charge in [-0.1, -0.05) is 13.0 Å². The molecular formula is C14H20N4O. The van der Waals surface area contributed by atoms with Crippen molar-refractivity contribution in [3.8, 4) is 11.8 Å². The average Bonchev–Trinajstić information content (AvgIpc) is 2.69. The zero-order valence-electron chi connectivity index (χ0n) is 11.8. The molecule has 102 valence electrons. The second kappa shape index (κ2) is 5.84. The van der Waals surface area contributed by atoms with E-state index in [9.17, 15) is 0 Å². The fourth-order valence-corrected chi connectivity index (χ4v) is 1.92. The van der Waals surface area contributed by atoms with Crippen molar-refractivity contribution in [2.75, 3.05) is 6.54 Å². The molecule has 0 aliphatic carbocycles. The maximum absolute atomic E-state index is 5.69. The van der Waals surface area contributed by atoms with Crippen LogP contribution >= 0.6 is 0 Å². The van der Waals surface area contributed by atoms with Gasteiger partial charge in [-0.25, -0.2) is 9.67 Å². The third kappa shape index (κ3) is 3.32. The normalized spacial score (nSPS) is 12.4. The second-order valence-electron chi connectivity index (χ2n) is 4.56. The highest BCUT2D eigenvalue weighted by Crippen LogP contribution is 2.21. The lowest BCUT2D eigenvalue weighted by Crippen LogP contribution is -2.17. The lowest BCUT2D eigenvalue weighted by Gasteiger charge is -2.12. The van der Waals surface area contributed by atoms with Gasteiger partial charge in [0.15, 0.2) is 0 Å². The summed E-state index contributed by atoms with van der Waals surface area (Å²) in [5.74, 6) is 1.27. The summed E-state index contributed by atoms with van der Waals surface area (Å²) in [5.41, 5.74) is 2.07. The van der Waals surface area contributed by atoms with Crippen molar-refractivity contribution >= 4 is 0 Å². The average molecular weight is 260 g/mol. The quantitative estimate of drug-likeness (QED) is 0.897. The minimum Gasteiger partial charge on any atom is -0.421 e. The summed E-state index contributed by atoms with van der Waals surface area (Å²) in [6.07, 6.45) is 1.84. The second-order valence-corrected chi connectivity index (χ2v) is 4.56. The molecule has 0 aromatic carbocycles. The van der Waals surface area contributed by atoms with Gasteiger partial charge in [0, 0.05) is 31.4 Å². The van der Waals surface area contributed by atoms with Crippen molar-refractivity contribution in [3.05, 3.63) is 35.7 Å². The van der Waals surface area contributed by atoms with Crippen LogP contribution in [0.25, 0.3) is 0 Å². The van der Waals surface area contributed by atoms with Crippen LogP contribution in [0.1, 0.15) is 31.1 Å². The monoisotopic (exact) mass is 260 g/mol. The molecule has 0 aliphatic heterocycles. The number of hydrogen-bond donors (Lipinski definition) is 1. The molecule has 2 heterocycles. The van der Waals surface area contributed by atoms with Crippen molar-refractivity contribution in [2.24, 2.45) is 7.05 Å². The van der Waals surface area contributed by atoms with Gasteiger partial charge in [0.2, 0.25) is 11.8 Å². The number of aromatic nitrogens is 3. The fraction of sp³-hybridized carbons (Fsp3) is 0.429. The number of hydrogen-bond acceptors (Lipinski definition) is 4. The van der Waals surface area contributed by atoms with Gasteiger partial charge in [-0.05, 0) is 26.0 Å². The van der Waals surface area contributed by atoms with E-state index < -0.39 is 0 Å².